The Morgan fingerprint density at radius 2 is 2.00 bits per heavy atom. The molecule has 2 aliphatic rings. The fourth-order valence-corrected chi connectivity index (χ4v) is 5.03. The van der Waals surface area contributed by atoms with Gasteiger partial charge in [-0.05, 0) is 48.6 Å². The van der Waals surface area contributed by atoms with Crippen molar-refractivity contribution in [3.8, 4) is 0 Å². The Labute approximate surface area is 180 Å². The van der Waals surface area contributed by atoms with Gasteiger partial charge in [-0.1, -0.05) is 59.9 Å². The fourth-order valence-electron chi connectivity index (χ4n) is 4.28. The summed E-state index contributed by atoms with van der Waals surface area (Å²) in [5.74, 6) is 0.462. The van der Waals surface area contributed by atoms with Gasteiger partial charge in [0.15, 0.2) is 0 Å². The van der Waals surface area contributed by atoms with E-state index in [9.17, 15) is 4.79 Å². The molecule has 1 amide bonds. The Bertz CT molecular complexity index is 957. The van der Waals surface area contributed by atoms with Crippen molar-refractivity contribution in [3.05, 3.63) is 68.7 Å². The normalized spacial score (nSPS) is 22.4. The smallest absolute Gasteiger partial charge is 0.224 e. The number of hydrogen-bond donors (Lipinski definition) is 2. The zero-order valence-electron chi connectivity index (χ0n) is 15.4. The number of carbonyl (C=O) groups is 1. The van der Waals surface area contributed by atoms with E-state index in [0.29, 0.717) is 21.5 Å². The van der Waals surface area contributed by atoms with Crippen LogP contribution in [0.3, 0.4) is 0 Å². The summed E-state index contributed by atoms with van der Waals surface area (Å²) in [4.78, 5) is 12.2. The molecule has 3 nitrogen and oxygen atoms in total. The van der Waals surface area contributed by atoms with E-state index in [4.69, 9.17) is 34.8 Å². The molecule has 0 spiro atoms. The van der Waals surface area contributed by atoms with Crippen LogP contribution in [0.1, 0.15) is 49.3 Å². The van der Waals surface area contributed by atoms with Crippen LogP contribution in [0.2, 0.25) is 15.1 Å². The van der Waals surface area contributed by atoms with Crippen molar-refractivity contribution in [1.82, 2.24) is 0 Å². The molecule has 146 valence electrons. The van der Waals surface area contributed by atoms with Gasteiger partial charge in [0.25, 0.3) is 0 Å². The first-order valence-corrected chi connectivity index (χ1v) is 10.6. The highest BCUT2D eigenvalue weighted by atomic mass is 35.5. The van der Waals surface area contributed by atoms with Gasteiger partial charge >= 0.3 is 0 Å². The largest absolute Gasteiger partial charge is 0.376 e. The first-order valence-electron chi connectivity index (χ1n) is 9.50. The van der Waals surface area contributed by atoms with Crippen molar-refractivity contribution < 1.29 is 4.79 Å². The van der Waals surface area contributed by atoms with Crippen LogP contribution in [0.15, 0.2) is 42.5 Å². The van der Waals surface area contributed by atoms with Gasteiger partial charge in [-0.25, -0.2) is 0 Å². The predicted molar refractivity (Wildman–Crippen MR) is 118 cm³/mol. The van der Waals surface area contributed by atoms with Crippen molar-refractivity contribution in [3.63, 3.8) is 0 Å². The van der Waals surface area contributed by atoms with E-state index in [1.54, 1.807) is 6.07 Å². The van der Waals surface area contributed by atoms with Crippen molar-refractivity contribution >= 4 is 52.1 Å². The van der Waals surface area contributed by atoms with Gasteiger partial charge in [-0.3, -0.25) is 4.79 Å². The monoisotopic (exact) mass is 434 g/mol. The van der Waals surface area contributed by atoms with Gasteiger partial charge in [-0.2, -0.15) is 0 Å². The van der Waals surface area contributed by atoms with Gasteiger partial charge < -0.3 is 10.6 Å². The summed E-state index contributed by atoms with van der Waals surface area (Å²) >= 11 is 19.2. The van der Waals surface area contributed by atoms with Gasteiger partial charge in [0.1, 0.15) is 0 Å². The molecule has 0 fully saturated rings. The van der Waals surface area contributed by atoms with E-state index < -0.39 is 0 Å². The summed E-state index contributed by atoms with van der Waals surface area (Å²) in [5, 5.41) is 8.57. The first-order chi connectivity index (χ1) is 13.5. The standard InChI is InChI=1S/C22H21Cl3N2O/c1-2-4-19(28)26-18-10-9-16(24)22-20(18)13-5-3-6-14(13)21(27-22)15-8-7-12(23)11-17(15)25/h3,5,7-11,13-14,21,27H,2,4,6H2,1H3,(H,26,28). The molecule has 0 aromatic heterocycles. The zero-order chi connectivity index (χ0) is 19.8. The van der Waals surface area contributed by atoms with E-state index >= 15 is 0 Å². The second-order valence-corrected chi connectivity index (χ2v) is 8.57. The van der Waals surface area contributed by atoms with Crippen LogP contribution in [0.5, 0.6) is 0 Å². The van der Waals surface area contributed by atoms with Crippen LogP contribution >= 0.6 is 34.8 Å². The molecular weight excluding hydrogens is 415 g/mol. The maximum atomic E-state index is 12.2. The molecule has 1 aliphatic heterocycles. The highest BCUT2D eigenvalue weighted by molar-refractivity contribution is 6.35. The average Bonchev–Trinajstić information content (AvgIpc) is 3.13. The Hall–Kier alpha value is -1.68. The number of amides is 1. The number of carbonyl (C=O) groups excluding carboxylic acids is 1. The molecular formula is C22H21Cl3N2O. The lowest BCUT2D eigenvalue weighted by Crippen LogP contribution is -2.30. The fraction of sp³-hybridized carbons (Fsp3) is 0.318. The van der Waals surface area contributed by atoms with Gasteiger partial charge in [0.2, 0.25) is 5.91 Å². The molecule has 0 bridgehead atoms. The predicted octanol–water partition coefficient (Wildman–Crippen LogP) is 7.21. The molecule has 4 rings (SSSR count). The molecule has 2 aromatic carbocycles. The number of anilines is 2. The molecule has 2 N–H and O–H groups in total. The number of rotatable bonds is 4. The average molecular weight is 436 g/mol. The molecule has 2 aromatic rings. The topological polar surface area (TPSA) is 41.1 Å². The lowest BCUT2D eigenvalue weighted by molar-refractivity contribution is -0.116. The van der Waals surface area contributed by atoms with Crippen molar-refractivity contribution in [2.24, 2.45) is 5.92 Å². The highest BCUT2D eigenvalue weighted by Gasteiger charge is 2.40. The third kappa shape index (κ3) is 3.52. The van der Waals surface area contributed by atoms with E-state index in [0.717, 1.165) is 35.3 Å². The number of benzene rings is 2. The number of halogens is 3. The first kappa shape index (κ1) is 19.6. The third-order valence-electron chi connectivity index (χ3n) is 5.52. The van der Waals surface area contributed by atoms with Crippen LogP contribution in [-0.2, 0) is 4.79 Å². The molecule has 0 saturated carbocycles. The maximum absolute atomic E-state index is 12.2. The van der Waals surface area contributed by atoms with Crippen LogP contribution in [0.25, 0.3) is 0 Å². The van der Waals surface area contributed by atoms with E-state index in [2.05, 4.69) is 22.8 Å². The molecule has 0 radical (unpaired) electrons. The molecule has 1 heterocycles. The Morgan fingerprint density at radius 1 is 1.18 bits per heavy atom. The van der Waals surface area contributed by atoms with Crippen molar-refractivity contribution in [1.29, 1.82) is 0 Å². The lowest BCUT2D eigenvalue weighted by Gasteiger charge is -2.39. The number of allylic oxidation sites excluding steroid dienone is 2. The van der Waals surface area contributed by atoms with Crippen LogP contribution in [-0.4, -0.2) is 5.91 Å². The van der Waals surface area contributed by atoms with E-state index in [-0.39, 0.29) is 23.8 Å². The van der Waals surface area contributed by atoms with Crippen molar-refractivity contribution in [2.75, 3.05) is 10.6 Å². The Kier molecular flexibility index (Phi) is 5.59. The molecule has 3 unspecified atom stereocenters. The molecule has 28 heavy (non-hydrogen) atoms. The Balaban J connectivity index is 1.78. The molecule has 1 aliphatic carbocycles. The lowest BCUT2D eigenvalue weighted by atomic mass is 9.76. The van der Waals surface area contributed by atoms with Crippen LogP contribution < -0.4 is 10.6 Å². The van der Waals surface area contributed by atoms with Crippen molar-refractivity contribution in [2.45, 2.75) is 38.1 Å². The minimum Gasteiger partial charge on any atom is -0.376 e. The SMILES string of the molecule is CCCC(=O)Nc1ccc(Cl)c2c1C1C=CCC1C(c1ccc(Cl)cc1Cl)N2. The molecule has 3 atom stereocenters. The molecule has 0 saturated heterocycles. The summed E-state index contributed by atoms with van der Waals surface area (Å²) in [6, 6.07) is 9.35. The summed E-state index contributed by atoms with van der Waals surface area (Å²) in [6.45, 7) is 1.99. The maximum Gasteiger partial charge on any atom is 0.224 e. The number of fused-ring (bicyclic) bond motifs is 3. The van der Waals surface area contributed by atoms with Gasteiger partial charge in [-0.15, -0.1) is 0 Å². The minimum atomic E-state index is 0.0105. The minimum absolute atomic E-state index is 0.0105. The van der Waals surface area contributed by atoms with E-state index in [1.165, 1.54) is 0 Å². The second-order valence-electron chi connectivity index (χ2n) is 7.32. The summed E-state index contributed by atoms with van der Waals surface area (Å²) in [5.41, 5.74) is 3.75. The van der Waals surface area contributed by atoms with Crippen LogP contribution in [0.4, 0.5) is 11.4 Å². The van der Waals surface area contributed by atoms with Gasteiger partial charge in [0, 0.05) is 33.6 Å². The highest BCUT2D eigenvalue weighted by Crippen LogP contribution is 2.54. The summed E-state index contributed by atoms with van der Waals surface area (Å²) in [7, 11) is 0. The zero-order valence-corrected chi connectivity index (χ0v) is 17.7. The van der Waals surface area contributed by atoms with Crippen LogP contribution in [0, 0.1) is 5.92 Å². The third-order valence-corrected chi connectivity index (χ3v) is 6.40. The van der Waals surface area contributed by atoms with E-state index in [1.807, 2.05) is 31.2 Å². The Morgan fingerprint density at radius 3 is 2.75 bits per heavy atom. The number of hydrogen-bond acceptors (Lipinski definition) is 2. The quantitative estimate of drug-likeness (QED) is 0.498. The second kappa shape index (κ2) is 7.98. The van der Waals surface area contributed by atoms with Gasteiger partial charge in [0.05, 0.1) is 16.8 Å². The summed E-state index contributed by atoms with van der Waals surface area (Å²) < 4.78 is 0. The number of nitrogens with one attached hydrogen (secondary N) is 2. The summed E-state index contributed by atoms with van der Waals surface area (Å²) in [6.07, 6.45) is 6.64. The molecule has 6 heteroatoms.